The second kappa shape index (κ2) is 6.67. The topological polar surface area (TPSA) is 73.1 Å². The number of ether oxygens (including phenoxy) is 1. The number of rotatable bonds is 4. The number of pyridine rings is 1. The second-order valence-electron chi connectivity index (χ2n) is 4.60. The van der Waals surface area contributed by atoms with Crippen LogP contribution in [0.4, 0.5) is 0 Å². The van der Waals surface area contributed by atoms with Crippen LogP contribution in [0.2, 0.25) is 0 Å². The molecule has 6 nitrogen and oxygen atoms in total. The van der Waals surface area contributed by atoms with E-state index in [1.54, 1.807) is 19.4 Å². The predicted molar refractivity (Wildman–Crippen MR) is 76.1 cm³/mol. The van der Waals surface area contributed by atoms with Crippen LogP contribution in [-0.4, -0.2) is 34.8 Å². The molecular weight excluding hydrogens is 280 g/mol. The van der Waals surface area contributed by atoms with Crippen molar-refractivity contribution in [3.05, 3.63) is 24.2 Å². The van der Waals surface area contributed by atoms with Gasteiger partial charge in [-0.2, -0.15) is 4.98 Å². The van der Waals surface area contributed by atoms with Gasteiger partial charge in [-0.3, -0.25) is 0 Å². The minimum absolute atomic E-state index is 0. The van der Waals surface area contributed by atoms with Gasteiger partial charge in [0.15, 0.2) is 0 Å². The number of halogens is 1. The molecule has 1 saturated heterocycles. The van der Waals surface area contributed by atoms with Crippen LogP contribution in [0, 0.1) is 0 Å². The van der Waals surface area contributed by atoms with E-state index in [2.05, 4.69) is 20.4 Å². The summed E-state index contributed by atoms with van der Waals surface area (Å²) in [5.41, 5.74) is 0.829. The molecule has 3 heterocycles. The lowest BCUT2D eigenvalue weighted by atomic mass is 10.1. The van der Waals surface area contributed by atoms with Crippen LogP contribution < -0.4 is 10.1 Å². The van der Waals surface area contributed by atoms with Crippen molar-refractivity contribution in [2.24, 2.45) is 0 Å². The maximum atomic E-state index is 5.28. The number of nitrogens with zero attached hydrogens (tertiary/aromatic N) is 3. The van der Waals surface area contributed by atoms with Gasteiger partial charge < -0.3 is 14.6 Å². The summed E-state index contributed by atoms with van der Waals surface area (Å²) in [6.07, 6.45) is 4.85. The molecule has 2 aromatic rings. The highest BCUT2D eigenvalue weighted by atomic mass is 35.5. The van der Waals surface area contributed by atoms with Gasteiger partial charge in [0.2, 0.25) is 17.6 Å². The Kier molecular flexibility index (Phi) is 4.92. The van der Waals surface area contributed by atoms with Crippen LogP contribution in [0.15, 0.2) is 22.9 Å². The molecule has 7 heteroatoms. The van der Waals surface area contributed by atoms with Crippen LogP contribution in [0.1, 0.15) is 18.7 Å². The van der Waals surface area contributed by atoms with Crippen LogP contribution in [-0.2, 0) is 6.42 Å². The molecule has 1 unspecified atom stereocenters. The van der Waals surface area contributed by atoms with Crippen molar-refractivity contribution < 1.29 is 9.26 Å². The maximum absolute atomic E-state index is 5.28. The van der Waals surface area contributed by atoms with Gasteiger partial charge in [0.1, 0.15) is 0 Å². The van der Waals surface area contributed by atoms with E-state index >= 15 is 0 Å². The molecule has 0 radical (unpaired) electrons. The lowest BCUT2D eigenvalue weighted by Crippen LogP contribution is -2.23. The lowest BCUT2D eigenvalue weighted by molar-refractivity contribution is 0.364. The quantitative estimate of drug-likeness (QED) is 0.928. The highest BCUT2D eigenvalue weighted by Crippen LogP contribution is 2.18. The van der Waals surface area contributed by atoms with Crippen LogP contribution >= 0.6 is 12.4 Å². The number of hydrogen-bond donors (Lipinski definition) is 1. The molecule has 0 aliphatic carbocycles. The average molecular weight is 297 g/mol. The van der Waals surface area contributed by atoms with Gasteiger partial charge in [-0.05, 0) is 25.5 Å². The molecule has 1 aliphatic heterocycles. The molecule has 1 aliphatic rings. The van der Waals surface area contributed by atoms with E-state index in [0.717, 1.165) is 18.5 Å². The van der Waals surface area contributed by atoms with Crippen LogP contribution in [0.3, 0.4) is 0 Å². The molecule has 1 atom stereocenters. The van der Waals surface area contributed by atoms with Crippen molar-refractivity contribution in [1.82, 2.24) is 20.4 Å². The first kappa shape index (κ1) is 14.7. The van der Waals surface area contributed by atoms with Crippen molar-refractivity contribution in [2.75, 3.05) is 13.7 Å². The Morgan fingerprint density at radius 2 is 2.35 bits per heavy atom. The van der Waals surface area contributed by atoms with Gasteiger partial charge in [0, 0.05) is 30.3 Å². The zero-order chi connectivity index (χ0) is 13.1. The largest absolute Gasteiger partial charge is 0.481 e. The van der Waals surface area contributed by atoms with Crippen molar-refractivity contribution in [2.45, 2.75) is 25.3 Å². The molecule has 0 aromatic carbocycles. The smallest absolute Gasteiger partial charge is 0.228 e. The Morgan fingerprint density at radius 1 is 1.45 bits per heavy atom. The molecular formula is C13H17ClN4O2. The third-order valence-corrected chi connectivity index (χ3v) is 3.26. The van der Waals surface area contributed by atoms with E-state index < -0.39 is 0 Å². The fourth-order valence-electron chi connectivity index (χ4n) is 2.23. The molecule has 0 amide bonds. The fraction of sp³-hybridized carbons (Fsp3) is 0.462. The second-order valence-corrected chi connectivity index (χ2v) is 4.60. The normalized spacial score (nSPS) is 17.8. The van der Waals surface area contributed by atoms with Crippen LogP contribution in [0.5, 0.6) is 5.88 Å². The zero-order valence-electron chi connectivity index (χ0n) is 11.2. The van der Waals surface area contributed by atoms with E-state index in [1.165, 1.54) is 12.8 Å². The summed E-state index contributed by atoms with van der Waals surface area (Å²) in [5.74, 6) is 1.82. The number of nitrogens with one attached hydrogen (secondary N) is 1. The highest BCUT2D eigenvalue weighted by Gasteiger charge is 2.18. The molecule has 0 bridgehead atoms. The lowest BCUT2D eigenvalue weighted by Gasteiger charge is -2.04. The summed E-state index contributed by atoms with van der Waals surface area (Å²) < 4.78 is 10.3. The Balaban J connectivity index is 0.00000147. The fourth-order valence-corrected chi connectivity index (χ4v) is 2.23. The minimum atomic E-state index is 0. The average Bonchev–Trinajstić information content (AvgIpc) is 3.11. The number of hydrogen-bond acceptors (Lipinski definition) is 6. The summed E-state index contributed by atoms with van der Waals surface area (Å²) in [4.78, 5) is 8.53. The third kappa shape index (κ3) is 3.26. The first-order valence-electron chi connectivity index (χ1n) is 6.41. The Labute approximate surface area is 123 Å². The van der Waals surface area contributed by atoms with Gasteiger partial charge in [0.05, 0.1) is 7.11 Å². The summed E-state index contributed by atoms with van der Waals surface area (Å²) >= 11 is 0. The molecule has 1 N–H and O–H groups in total. The number of methoxy groups -OCH3 is 1. The Morgan fingerprint density at radius 3 is 3.00 bits per heavy atom. The zero-order valence-corrected chi connectivity index (χ0v) is 12.0. The third-order valence-electron chi connectivity index (χ3n) is 3.26. The van der Waals surface area contributed by atoms with E-state index in [0.29, 0.717) is 23.6 Å². The van der Waals surface area contributed by atoms with Gasteiger partial charge in [-0.1, -0.05) is 5.16 Å². The summed E-state index contributed by atoms with van der Waals surface area (Å²) in [6, 6.07) is 4.11. The van der Waals surface area contributed by atoms with Crippen molar-refractivity contribution in [1.29, 1.82) is 0 Å². The standard InChI is InChI=1S/C13H16N4O2.ClH/c1-18-11-5-4-9(8-15-11)13-16-12(19-17-13)7-10-3-2-6-14-10;/h4-5,8,10,14H,2-3,6-7H2,1H3;1H. The summed E-state index contributed by atoms with van der Waals surface area (Å²) in [6.45, 7) is 1.08. The van der Waals surface area contributed by atoms with Crippen molar-refractivity contribution in [3.8, 4) is 17.3 Å². The van der Waals surface area contributed by atoms with E-state index in [-0.39, 0.29) is 12.4 Å². The van der Waals surface area contributed by atoms with Crippen LogP contribution in [0.25, 0.3) is 11.4 Å². The van der Waals surface area contributed by atoms with Gasteiger partial charge in [-0.15, -0.1) is 12.4 Å². The van der Waals surface area contributed by atoms with E-state index in [1.807, 2.05) is 6.07 Å². The molecule has 0 saturated carbocycles. The molecule has 2 aromatic heterocycles. The number of aromatic nitrogens is 3. The molecule has 0 spiro atoms. The first-order valence-corrected chi connectivity index (χ1v) is 6.41. The summed E-state index contributed by atoms with van der Waals surface area (Å²) in [5, 5.41) is 7.40. The molecule has 108 valence electrons. The Hall–Kier alpha value is -1.66. The predicted octanol–water partition coefficient (Wildman–Crippen LogP) is 1.86. The van der Waals surface area contributed by atoms with E-state index in [4.69, 9.17) is 9.26 Å². The molecule has 20 heavy (non-hydrogen) atoms. The van der Waals surface area contributed by atoms with Crippen molar-refractivity contribution >= 4 is 12.4 Å². The monoisotopic (exact) mass is 296 g/mol. The SMILES string of the molecule is COc1ccc(-c2noc(CC3CCCN3)n2)cn1.Cl. The first-order chi connectivity index (χ1) is 9.35. The van der Waals surface area contributed by atoms with Crippen molar-refractivity contribution in [3.63, 3.8) is 0 Å². The van der Waals surface area contributed by atoms with Gasteiger partial charge >= 0.3 is 0 Å². The maximum Gasteiger partial charge on any atom is 0.228 e. The molecule has 1 fully saturated rings. The van der Waals surface area contributed by atoms with E-state index in [9.17, 15) is 0 Å². The van der Waals surface area contributed by atoms with Gasteiger partial charge in [-0.25, -0.2) is 4.98 Å². The van der Waals surface area contributed by atoms with Gasteiger partial charge in [0.25, 0.3) is 0 Å². The summed E-state index contributed by atoms with van der Waals surface area (Å²) in [7, 11) is 1.59. The minimum Gasteiger partial charge on any atom is -0.481 e. The highest BCUT2D eigenvalue weighted by molar-refractivity contribution is 5.85. The Bertz CT molecular complexity index is 538. The molecule has 3 rings (SSSR count).